The van der Waals surface area contributed by atoms with Crippen LogP contribution in [0.5, 0.6) is 0 Å². The first-order valence-electron chi connectivity index (χ1n) is 7.97. The van der Waals surface area contributed by atoms with Crippen LogP contribution in [0.4, 0.5) is 5.69 Å². The Balaban J connectivity index is 1.74. The minimum atomic E-state index is -0.772. The predicted octanol–water partition coefficient (Wildman–Crippen LogP) is 4.02. The van der Waals surface area contributed by atoms with Gasteiger partial charge in [-0.15, -0.1) is 0 Å². The highest BCUT2D eigenvalue weighted by atomic mass is 79.9. The van der Waals surface area contributed by atoms with Gasteiger partial charge in [0.2, 0.25) is 5.69 Å². The molecule has 0 aliphatic carbocycles. The highest BCUT2D eigenvalue weighted by molar-refractivity contribution is 9.10. The van der Waals surface area contributed by atoms with Gasteiger partial charge >= 0.3 is 5.69 Å². The Morgan fingerprint density at radius 2 is 1.93 bits per heavy atom. The van der Waals surface area contributed by atoms with E-state index in [1.165, 1.54) is 17.1 Å². The minimum Gasteiger partial charge on any atom is -0.265 e. The zero-order chi connectivity index (χ0) is 20.1. The fraction of sp³-hybridized carbons (Fsp3) is 0.0556. The lowest BCUT2D eigenvalue weighted by Gasteiger charge is -2.01. The molecule has 2 aromatic carbocycles. The minimum absolute atomic E-state index is 0.287. The second-order valence-electron chi connectivity index (χ2n) is 5.69. The highest BCUT2D eigenvalue weighted by Crippen LogP contribution is 2.18. The van der Waals surface area contributed by atoms with Crippen molar-refractivity contribution in [1.82, 2.24) is 15.2 Å². The first-order valence-corrected chi connectivity index (χ1v) is 9.15. The summed E-state index contributed by atoms with van der Waals surface area (Å²) >= 11 is 9.14. The van der Waals surface area contributed by atoms with Gasteiger partial charge in [-0.2, -0.15) is 10.2 Å². The molecule has 0 aliphatic rings. The molecule has 0 unspecified atom stereocenters. The highest BCUT2D eigenvalue weighted by Gasteiger charge is 2.25. The summed E-state index contributed by atoms with van der Waals surface area (Å²) in [6.45, 7) is 0.287. The Hall–Kier alpha value is -3.04. The van der Waals surface area contributed by atoms with E-state index in [4.69, 9.17) is 11.6 Å². The normalized spacial score (nSPS) is 10.9. The summed E-state index contributed by atoms with van der Waals surface area (Å²) in [6, 6.07) is 14.2. The fourth-order valence-corrected chi connectivity index (χ4v) is 2.72. The number of carbonyl (C=O) groups excluding carboxylic acids is 1. The van der Waals surface area contributed by atoms with Crippen molar-refractivity contribution in [3.05, 3.63) is 91.2 Å². The number of nitrogens with one attached hydrogen (secondary N) is 1. The van der Waals surface area contributed by atoms with Crippen LogP contribution in [0.2, 0.25) is 5.02 Å². The van der Waals surface area contributed by atoms with E-state index in [9.17, 15) is 14.9 Å². The lowest BCUT2D eigenvalue weighted by atomic mass is 10.2. The maximum absolute atomic E-state index is 12.3. The van der Waals surface area contributed by atoms with E-state index in [1.807, 2.05) is 24.3 Å². The Bertz CT molecular complexity index is 1030. The van der Waals surface area contributed by atoms with Crippen LogP contribution in [0.15, 0.2) is 64.3 Å². The number of nitro groups is 1. The summed E-state index contributed by atoms with van der Waals surface area (Å²) in [5.74, 6) is -0.772. The molecule has 0 saturated carbocycles. The number of aromatic nitrogens is 2. The van der Waals surface area contributed by atoms with Crippen LogP contribution >= 0.6 is 27.5 Å². The largest absolute Gasteiger partial charge is 0.320 e. The van der Waals surface area contributed by atoms with E-state index in [1.54, 1.807) is 24.3 Å². The van der Waals surface area contributed by atoms with Crippen molar-refractivity contribution in [2.45, 2.75) is 6.54 Å². The van der Waals surface area contributed by atoms with Gasteiger partial charge in [-0.25, -0.2) is 5.43 Å². The molecule has 3 aromatic rings. The van der Waals surface area contributed by atoms with E-state index in [2.05, 4.69) is 31.6 Å². The van der Waals surface area contributed by atoms with E-state index in [0.29, 0.717) is 10.6 Å². The molecule has 1 heterocycles. The molecule has 3 rings (SSSR count). The van der Waals surface area contributed by atoms with Gasteiger partial charge in [0.1, 0.15) is 6.20 Å². The SMILES string of the molecule is O=C(N/N=C\c1ccc(Cl)cc1)c1nn(Cc2ccc(Br)cc2)cc1[N+](=O)[O-]. The Morgan fingerprint density at radius 3 is 2.57 bits per heavy atom. The van der Waals surface area contributed by atoms with Crippen LogP contribution in [-0.4, -0.2) is 26.8 Å². The quantitative estimate of drug-likeness (QED) is 0.339. The van der Waals surface area contributed by atoms with Crippen molar-refractivity contribution in [3.63, 3.8) is 0 Å². The number of carbonyl (C=O) groups is 1. The van der Waals surface area contributed by atoms with Gasteiger partial charge in [0.15, 0.2) is 0 Å². The third-order valence-electron chi connectivity index (χ3n) is 3.66. The molecule has 28 heavy (non-hydrogen) atoms. The third kappa shape index (κ3) is 5.02. The van der Waals surface area contributed by atoms with Crippen LogP contribution in [0.1, 0.15) is 21.6 Å². The molecule has 10 heteroatoms. The smallest absolute Gasteiger partial charge is 0.265 e. The van der Waals surface area contributed by atoms with Crippen molar-refractivity contribution in [3.8, 4) is 0 Å². The summed E-state index contributed by atoms with van der Waals surface area (Å²) in [5, 5.41) is 19.7. The van der Waals surface area contributed by atoms with Crippen LogP contribution in [-0.2, 0) is 6.54 Å². The maximum Gasteiger partial charge on any atom is 0.320 e. The predicted molar refractivity (Wildman–Crippen MR) is 109 cm³/mol. The van der Waals surface area contributed by atoms with Crippen molar-refractivity contribution in [2.75, 3.05) is 0 Å². The van der Waals surface area contributed by atoms with Gasteiger partial charge in [-0.3, -0.25) is 19.6 Å². The van der Waals surface area contributed by atoms with Crippen LogP contribution in [0.25, 0.3) is 0 Å². The monoisotopic (exact) mass is 461 g/mol. The maximum atomic E-state index is 12.3. The zero-order valence-electron chi connectivity index (χ0n) is 14.3. The van der Waals surface area contributed by atoms with Gasteiger partial charge in [0, 0.05) is 9.50 Å². The van der Waals surface area contributed by atoms with Crippen LogP contribution in [0.3, 0.4) is 0 Å². The van der Waals surface area contributed by atoms with Crippen molar-refractivity contribution in [1.29, 1.82) is 0 Å². The van der Waals surface area contributed by atoms with E-state index >= 15 is 0 Å². The average molecular weight is 463 g/mol. The van der Waals surface area contributed by atoms with Gasteiger partial charge in [0.25, 0.3) is 5.91 Å². The molecule has 0 fully saturated rings. The van der Waals surface area contributed by atoms with Gasteiger partial charge < -0.3 is 0 Å². The van der Waals surface area contributed by atoms with Gasteiger partial charge in [-0.1, -0.05) is 51.8 Å². The lowest BCUT2D eigenvalue weighted by molar-refractivity contribution is -0.385. The number of nitrogens with zero attached hydrogens (tertiary/aromatic N) is 4. The molecule has 0 radical (unpaired) electrons. The summed E-state index contributed by atoms with van der Waals surface area (Å²) in [4.78, 5) is 22.9. The lowest BCUT2D eigenvalue weighted by Crippen LogP contribution is -2.19. The zero-order valence-corrected chi connectivity index (χ0v) is 16.6. The molecule has 0 atom stereocenters. The number of hydrazone groups is 1. The second-order valence-corrected chi connectivity index (χ2v) is 7.05. The van der Waals surface area contributed by atoms with Crippen molar-refractivity contribution < 1.29 is 9.72 Å². The standard InChI is InChI=1S/C18H13BrClN5O3/c19-14-5-1-13(2-6-14)10-24-11-16(25(27)28)17(23-24)18(26)22-21-9-12-3-7-15(20)8-4-12/h1-9,11H,10H2,(H,22,26)/b21-9-. The molecule has 0 aliphatic heterocycles. The van der Waals surface area contributed by atoms with E-state index in [-0.39, 0.29) is 12.2 Å². The van der Waals surface area contributed by atoms with E-state index in [0.717, 1.165) is 10.0 Å². The summed E-state index contributed by atoms with van der Waals surface area (Å²) < 4.78 is 2.26. The van der Waals surface area contributed by atoms with Gasteiger partial charge in [-0.05, 0) is 35.4 Å². The molecular weight excluding hydrogens is 450 g/mol. The molecular formula is C18H13BrClN5O3. The number of hydrogen-bond acceptors (Lipinski definition) is 5. The number of benzene rings is 2. The summed E-state index contributed by atoms with van der Waals surface area (Å²) in [7, 11) is 0. The Kier molecular flexibility index (Phi) is 6.17. The number of rotatable bonds is 6. The number of hydrogen-bond donors (Lipinski definition) is 1. The van der Waals surface area contributed by atoms with Crippen molar-refractivity contribution >= 4 is 45.3 Å². The Morgan fingerprint density at radius 1 is 1.25 bits per heavy atom. The molecule has 0 bridgehead atoms. The molecule has 1 N–H and O–H groups in total. The van der Waals surface area contributed by atoms with Crippen LogP contribution < -0.4 is 5.43 Å². The van der Waals surface area contributed by atoms with Crippen LogP contribution in [0, 0.1) is 10.1 Å². The Labute approximate surface area is 173 Å². The van der Waals surface area contributed by atoms with Gasteiger partial charge in [0.05, 0.1) is 17.7 Å². The molecule has 1 aromatic heterocycles. The molecule has 0 spiro atoms. The summed E-state index contributed by atoms with van der Waals surface area (Å²) in [6.07, 6.45) is 2.62. The topological polar surface area (TPSA) is 102 Å². The molecule has 0 saturated heterocycles. The van der Waals surface area contributed by atoms with E-state index < -0.39 is 16.5 Å². The first kappa shape index (κ1) is 19.7. The number of amides is 1. The average Bonchev–Trinajstić information content (AvgIpc) is 3.09. The fourth-order valence-electron chi connectivity index (χ4n) is 2.33. The van der Waals surface area contributed by atoms with Crippen molar-refractivity contribution in [2.24, 2.45) is 5.10 Å². The summed E-state index contributed by atoms with van der Waals surface area (Å²) in [5.41, 5.74) is 3.14. The molecule has 8 nitrogen and oxygen atoms in total. The first-order chi connectivity index (χ1) is 13.4. The second kappa shape index (κ2) is 8.77. The third-order valence-corrected chi connectivity index (χ3v) is 4.44. The molecule has 142 valence electrons. The molecule has 1 amide bonds. The number of halogens is 2.